The van der Waals surface area contributed by atoms with Gasteiger partial charge in [-0.25, -0.2) is 0 Å². The van der Waals surface area contributed by atoms with Gasteiger partial charge in [0.05, 0.1) is 0 Å². The number of aromatic nitrogens is 2. The quantitative estimate of drug-likeness (QED) is 0.525. The predicted molar refractivity (Wildman–Crippen MR) is 97.4 cm³/mol. The van der Waals surface area contributed by atoms with Gasteiger partial charge in [-0.1, -0.05) is 36.4 Å². The van der Waals surface area contributed by atoms with Crippen molar-refractivity contribution >= 4 is 27.7 Å². The number of nitrogens with one attached hydrogen (secondary N) is 3. The number of amides is 1. The Morgan fingerprint density at radius 2 is 1.71 bits per heavy atom. The van der Waals surface area contributed by atoms with Crippen LogP contribution in [0.2, 0.25) is 0 Å². The van der Waals surface area contributed by atoms with E-state index >= 15 is 0 Å². The minimum atomic E-state index is -0.0523. The van der Waals surface area contributed by atoms with Gasteiger partial charge in [0.25, 0.3) is 5.91 Å². The Bertz CT molecular complexity index is 1030. The van der Waals surface area contributed by atoms with Gasteiger partial charge in [0, 0.05) is 34.5 Å². The monoisotopic (exact) mass is 317 g/mol. The van der Waals surface area contributed by atoms with Gasteiger partial charge >= 0.3 is 0 Å². The lowest BCUT2D eigenvalue weighted by Crippen LogP contribution is -2.26. The first-order valence-electron chi connectivity index (χ1n) is 8.14. The molecule has 0 aliphatic carbocycles. The van der Waals surface area contributed by atoms with E-state index in [1.807, 2.05) is 49.5 Å². The number of fused-ring (bicyclic) bond motifs is 2. The second kappa shape index (κ2) is 5.89. The molecule has 1 amide bonds. The lowest BCUT2D eigenvalue weighted by atomic mass is 10.1. The molecule has 4 nitrogen and oxygen atoms in total. The fourth-order valence-corrected chi connectivity index (χ4v) is 3.25. The maximum Gasteiger partial charge on any atom is 0.268 e. The van der Waals surface area contributed by atoms with E-state index in [1.54, 1.807) is 0 Å². The molecule has 0 aliphatic heterocycles. The third kappa shape index (κ3) is 2.46. The molecule has 120 valence electrons. The third-order valence-electron chi connectivity index (χ3n) is 4.55. The molecule has 0 fully saturated rings. The average Bonchev–Trinajstić information content (AvgIpc) is 3.17. The van der Waals surface area contributed by atoms with Gasteiger partial charge in [-0.3, -0.25) is 4.79 Å². The van der Waals surface area contributed by atoms with Gasteiger partial charge in [0.2, 0.25) is 0 Å². The average molecular weight is 317 g/mol. The van der Waals surface area contributed by atoms with E-state index in [2.05, 4.69) is 27.4 Å². The molecule has 0 unspecified atom stereocenters. The van der Waals surface area contributed by atoms with E-state index < -0.39 is 0 Å². The summed E-state index contributed by atoms with van der Waals surface area (Å²) >= 11 is 0. The maximum absolute atomic E-state index is 12.5. The number of para-hydroxylation sites is 2. The van der Waals surface area contributed by atoms with E-state index in [1.165, 1.54) is 10.9 Å². The zero-order valence-electron chi connectivity index (χ0n) is 13.5. The number of rotatable bonds is 4. The summed E-state index contributed by atoms with van der Waals surface area (Å²) in [6.07, 6.45) is 2.82. The Labute approximate surface area is 139 Å². The van der Waals surface area contributed by atoms with Crippen molar-refractivity contribution in [2.75, 3.05) is 6.54 Å². The van der Waals surface area contributed by atoms with Crippen molar-refractivity contribution in [1.29, 1.82) is 0 Å². The minimum Gasteiger partial charge on any atom is -0.361 e. The maximum atomic E-state index is 12.5. The first-order valence-corrected chi connectivity index (χ1v) is 8.14. The van der Waals surface area contributed by atoms with Crippen LogP contribution in [-0.4, -0.2) is 22.4 Å². The molecule has 0 radical (unpaired) electrons. The zero-order chi connectivity index (χ0) is 16.5. The SMILES string of the molecule is Cc1c(C(=O)NCCc2c[nH]c3ccccc23)[nH]c2ccccc12. The fourth-order valence-electron chi connectivity index (χ4n) is 3.25. The summed E-state index contributed by atoms with van der Waals surface area (Å²) < 4.78 is 0. The van der Waals surface area contributed by atoms with Crippen LogP contribution >= 0.6 is 0 Å². The minimum absolute atomic E-state index is 0.0523. The van der Waals surface area contributed by atoms with Crippen LogP contribution in [0.15, 0.2) is 54.7 Å². The highest BCUT2D eigenvalue weighted by Gasteiger charge is 2.14. The molecule has 24 heavy (non-hydrogen) atoms. The van der Waals surface area contributed by atoms with Crippen molar-refractivity contribution in [2.45, 2.75) is 13.3 Å². The van der Waals surface area contributed by atoms with Crippen LogP contribution in [0.4, 0.5) is 0 Å². The van der Waals surface area contributed by atoms with Gasteiger partial charge < -0.3 is 15.3 Å². The van der Waals surface area contributed by atoms with Crippen molar-refractivity contribution < 1.29 is 4.79 Å². The number of hydrogen-bond donors (Lipinski definition) is 3. The second-order valence-electron chi connectivity index (χ2n) is 6.04. The molecular formula is C20H19N3O. The van der Waals surface area contributed by atoms with E-state index in [9.17, 15) is 4.79 Å². The molecule has 3 N–H and O–H groups in total. The molecule has 4 aromatic rings. The normalized spacial score (nSPS) is 11.2. The van der Waals surface area contributed by atoms with E-state index in [4.69, 9.17) is 0 Å². The first-order chi connectivity index (χ1) is 11.7. The van der Waals surface area contributed by atoms with Crippen LogP contribution in [0.25, 0.3) is 21.8 Å². The van der Waals surface area contributed by atoms with E-state index in [0.29, 0.717) is 12.2 Å². The Morgan fingerprint density at radius 1 is 1.00 bits per heavy atom. The van der Waals surface area contributed by atoms with Crippen LogP contribution in [-0.2, 0) is 6.42 Å². The number of carbonyl (C=O) groups excluding carboxylic acids is 1. The van der Waals surface area contributed by atoms with Gasteiger partial charge in [-0.2, -0.15) is 0 Å². The number of hydrogen-bond acceptors (Lipinski definition) is 1. The molecule has 0 saturated heterocycles. The molecule has 2 aromatic heterocycles. The van der Waals surface area contributed by atoms with Crippen LogP contribution in [0.1, 0.15) is 21.6 Å². The molecule has 4 rings (SSSR count). The van der Waals surface area contributed by atoms with E-state index in [-0.39, 0.29) is 5.91 Å². The Balaban J connectivity index is 1.47. The van der Waals surface area contributed by atoms with Crippen molar-refractivity contribution in [3.8, 4) is 0 Å². The molecule has 0 bridgehead atoms. The molecular weight excluding hydrogens is 298 g/mol. The predicted octanol–water partition coefficient (Wildman–Crippen LogP) is 3.93. The Kier molecular flexibility index (Phi) is 3.58. The van der Waals surface area contributed by atoms with Gasteiger partial charge in [0.15, 0.2) is 0 Å². The standard InChI is InChI=1S/C20H19N3O/c1-13-15-6-2-5-9-18(15)23-19(13)20(24)21-11-10-14-12-22-17-8-4-3-7-16(14)17/h2-9,12,22-23H,10-11H2,1H3,(H,21,24). The summed E-state index contributed by atoms with van der Waals surface area (Å²) in [4.78, 5) is 19.0. The van der Waals surface area contributed by atoms with Gasteiger partial charge in [-0.05, 0) is 36.6 Å². The molecule has 0 atom stereocenters. The topological polar surface area (TPSA) is 60.7 Å². The first kappa shape index (κ1) is 14.6. The number of H-pyrrole nitrogens is 2. The smallest absolute Gasteiger partial charge is 0.268 e. The highest BCUT2D eigenvalue weighted by molar-refractivity contribution is 6.00. The summed E-state index contributed by atoms with van der Waals surface area (Å²) in [7, 11) is 0. The van der Waals surface area contributed by atoms with Gasteiger partial charge in [0.1, 0.15) is 5.69 Å². The van der Waals surface area contributed by atoms with Crippen molar-refractivity contribution in [1.82, 2.24) is 15.3 Å². The highest BCUT2D eigenvalue weighted by atomic mass is 16.1. The van der Waals surface area contributed by atoms with Crippen LogP contribution in [0, 0.1) is 6.92 Å². The molecule has 0 aliphatic rings. The van der Waals surface area contributed by atoms with Crippen LogP contribution in [0.3, 0.4) is 0 Å². The van der Waals surface area contributed by atoms with Crippen molar-refractivity contribution in [2.24, 2.45) is 0 Å². The number of carbonyl (C=O) groups is 1. The molecule has 0 saturated carbocycles. The van der Waals surface area contributed by atoms with Crippen LogP contribution in [0.5, 0.6) is 0 Å². The number of aryl methyl sites for hydroxylation is 1. The Morgan fingerprint density at radius 3 is 2.50 bits per heavy atom. The lowest BCUT2D eigenvalue weighted by molar-refractivity contribution is 0.0949. The third-order valence-corrected chi connectivity index (χ3v) is 4.55. The summed E-state index contributed by atoms with van der Waals surface area (Å²) in [5, 5.41) is 5.33. The van der Waals surface area contributed by atoms with Crippen molar-refractivity contribution in [3.05, 3.63) is 71.5 Å². The zero-order valence-corrected chi connectivity index (χ0v) is 13.5. The Hall–Kier alpha value is -3.01. The highest BCUT2D eigenvalue weighted by Crippen LogP contribution is 2.21. The molecule has 2 aromatic carbocycles. The molecule has 0 spiro atoms. The second-order valence-corrected chi connectivity index (χ2v) is 6.04. The molecule has 4 heteroatoms. The van der Waals surface area contributed by atoms with E-state index in [0.717, 1.165) is 28.4 Å². The van der Waals surface area contributed by atoms with Crippen molar-refractivity contribution in [3.63, 3.8) is 0 Å². The van der Waals surface area contributed by atoms with Crippen LogP contribution < -0.4 is 5.32 Å². The van der Waals surface area contributed by atoms with Gasteiger partial charge in [-0.15, -0.1) is 0 Å². The summed E-state index contributed by atoms with van der Waals surface area (Å²) in [6.45, 7) is 2.59. The number of benzene rings is 2. The summed E-state index contributed by atoms with van der Waals surface area (Å²) in [5.41, 5.74) is 4.99. The fraction of sp³-hybridized carbons (Fsp3) is 0.150. The summed E-state index contributed by atoms with van der Waals surface area (Å²) in [6, 6.07) is 16.2. The largest absolute Gasteiger partial charge is 0.361 e. The summed E-state index contributed by atoms with van der Waals surface area (Å²) in [5.74, 6) is -0.0523. The lowest BCUT2D eigenvalue weighted by Gasteiger charge is -2.04. The molecule has 2 heterocycles. The number of aromatic amines is 2.